The molecule has 2 rings (SSSR count). The Kier molecular flexibility index (Phi) is 2.77. The van der Waals surface area contributed by atoms with Crippen molar-refractivity contribution >= 4 is 11.6 Å². The summed E-state index contributed by atoms with van der Waals surface area (Å²) in [6.45, 7) is 5.20. The van der Waals surface area contributed by atoms with Crippen LogP contribution in [0.15, 0.2) is 6.33 Å². The fraction of sp³-hybridized carbons (Fsp3) is 0.800. The Bertz CT molecular complexity index is 310. The summed E-state index contributed by atoms with van der Waals surface area (Å²) >= 11 is 6.21. The van der Waals surface area contributed by atoms with Crippen molar-refractivity contribution in [3.05, 3.63) is 12.2 Å². The van der Waals surface area contributed by atoms with Crippen LogP contribution in [0.1, 0.15) is 38.4 Å². The van der Waals surface area contributed by atoms with E-state index < -0.39 is 0 Å². The van der Waals surface area contributed by atoms with Gasteiger partial charge in [-0.25, -0.2) is 4.98 Å². The van der Waals surface area contributed by atoms with Crippen LogP contribution >= 0.6 is 11.6 Å². The predicted molar refractivity (Wildman–Crippen MR) is 56.5 cm³/mol. The van der Waals surface area contributed by atoms with E-state index in [9.17, 15) is 0 Å². The number of nitrogens with zero attached hydrogens (tertiary/aromatic N) is 3. The largest absolute Gasteiger partial charge is 0.250 e. The molecule has 4 heteroatoms. The quantitative estimate of drug-likeness (QED) is 0.707. The minimum absolute atomic E-state index is 0.307. The lowest BCUT2D eigenvalue weighted by molar-refractivity contribution is 0.475. The van der Waals surface area contributed by atoms with Crippen LogP contribution in [0, 0.1) is 5.92 Å². The first-order valence-electron chi connectivity index (χ1n) is 5.25. The highest BCUT2D eigenvalue weighted by Gasteiger charge is 2.34. The molecule has 0 aliphatic heterocycles. The van der Waals surface area contributed by atoms with E-state index in [1.807, 2.05) is 4.68 Å². The minimum Gasteiger partial charge on any atom is -0.250 e. The van der Waals surface area contributed by atoms with Gasteiger partial charge in [0.25, 0.3) is 0 Å². The molecule has 0 spiro atoms. The van der Waals surface area contributed by atoms with Gasteiger partial charge in [-0.2, -0.15) is 5.10 Å². The van der Waals surface area contributed by atoms with Crippen LogP contribution in [0.2, 0.25) is 0 Å². The van der Waals surface area contributed by atoms with E-state index in [1.54, 1.807) is 6.33 Å². The van der Waals surface area contributed by atoms with Gasteiger partial charge in [-0.05, 0) is 25.7 Å². The highest BCUT2D eigenvalue weighted by Crippen LogP contribution is 2.41. The normalized spacial score (nSPS) is 32.4. The van der Waals surface area contributed by atoms with Gasteiger partial charge >= 0.3 is 0 Å². The zero-order chi connectivity index (χ0) is 10.1. The predicted octanol–water partition coefficient (Wildman–Crippen LogP) is 2.42. The number of halogens is 1. The smallest absolute Gasteiger partial charge is 0.138 e. The summed E-state index contributed by atoms with van der Waals surface area (Å²) in [6, 6.07) is 0. The molecule has 0 N–H and O–H groups in total. The van der Waals surface area contributed by atoms with E-state index in [-0.39, 0.29) is 0 Å². The van der Waals surface area contributed by atoms with E-state index in [0.29, 0.717) is 17.2 Å². The average molecular weight is 214 g/mol. The van der Waals surface area contributed by atoms with Crippen molar-refractivity contribution in [1.29, 1.82) is 0 Å². The zero-order valence-corrected chi connectivity index (χ0v) is 9.41. The molecule has 78 valence electrons. The number of rotatable bonds is 2. The molecule has 1 saturated carbocycles. The Hall–Kier alpha value is -0.570. The molecular formula is C10H16ClN3. The van der Waals surface area contributed by atoms with Gasteiger partial charge in [0.2, 0.25) is 0 Å². The SMILES string of the molecule is CCn1ncnc1C1CCC(Cl)C1C. The van der Waals surface area contributed by atoms with Crippen molar-refractivity contribution in [3.8, 4) is 0 Å². The summed E-state index contributed by atoms with van der Waals surface area (Å²) in [5.74, 6) is 2.13. The first-order chi connectivity index (χ1) is 6.74. The third-order valence-corrected chi connectivity index (χ3v) is 3.85. The summed E-state index contributed by atoms with van der Waals surface area (Å²) < 4.78 is 1.98. The van der Waals surface area contributed by atoms with E-state index in [2.05, 4.69) is 23.9 Å². The third kappa shape index (κ3) is 1.54. The van der Waals surface area contributed by atoms with Crippen molar-refractivity contribution in [2.45, 2.75) is 44.5 Å². The maximum atomic E-state index is 6.21. The summed E-state index contributed by atoms with van der Waals surface area (Å²) in [6.07, 6.45) is 3.89. The lowest BCUT2D eigenvalue weighted by Crippen LogP contribution is -2.15. The molecule has 14 heavy (non-hydrogen) atoms. The van der Waals surface area contributed by atoms with Crippen molar-refractivity contribution in [1.82, 2.24) is 14.8 Å². The Morgan fingerprint density at radius 2 is 2.36 bits per heavy atom. The number of alkyl halides is 1. The van der Waals surface area contributed by atoms with E-state index in [1.165, 1.54) is 0 Å². The van der Waals surface area contributed by atoms with E-state index in [4.69, 9.17) is 11.6 Å². The second kappa shape index (κ2) is 3.89. The van der Waals surface area contributed by atoms with Gasteiger partial charge in [0.05, 0.1) is 0 Å². The van der Waals surface area contributed by atoms with E-state index in [0.717, 1.165) is 25.2 Å². The molecule has 1 aromatic rings. The molecule has 0 aromatic carbocycles. The Morgan fingerprint density at radius 1 is 1.57 bits per heavy atom. The number of hydrogen-bond acceptors (Lipinski definition) is 2. The lowest BCUT2D eigenvalue weighted by Gasteiger charge is -2.16. The summed E-state index contributed by atoms with van der Waals surface area (Å²) in [4.78, 5) is 4.35. The van der Waals surface area contributed by atoms with Gasteiger partial charge in [0.15, 0.2) is 0 Å². The molecular weight excluding hydrogens is 198 g/mol. The molecule has 0 amide bonds. The third-order valence-electron chi connectivity index (χ3n) is 3.24. The van der Waals surface area contributed by atoms with Crippen molar-refractivity contribution < 1.29 is 0 Å². The summed E-state index contributed by atoms with van der Waals surface area (Å²) in [5, 5.41) is 4.51. The van der Waals surface area contributed by atoms with E-state index >= 15 is 0 Å². The molecule has 0 radical (unpaired) electrons. The fourth-order valence-electron chi connectivity index (χ4n) is 2.28. The molecule has 1 fully saturated rings. The lowest BCUT2D eigenvalue weighted by atomic mass is 9.97. The molecule has 3 unspecified atom stereocenters. The van der Waals surface area contributed by atoms with Crippen LogP contribution < -0.4 is 0 Å². The summed E-state index contributed by atoms with van der Waals surface area (Å²) in [5.41, 5.74) is 0. The Morgan fingerprint density at radius 3 is 2.93 bits per heavy atom. The van der Waals surface area contributed by atoms with Crippen LogP contribution in [0.5, 0.6) is 0 Å². The molecule has 0 bridgehead atoms. The summed E-state index contributed by atoms with van der Waals surface area (Å²) in [7, 11) is 0. The van der Waals surface area contributed by atoms with Gasteiger partial charge in [-0.1, -0.05) is 6.92 Å². The van der Waals surface area contributed by atoms with Gasteiger partial charge in [0.1, 0.15) is 12.2 Å². The van der Waals surface area contributed by atoms with Crippen LogP contribution in [-0.2, 0) is 6.54 Å². The number of aromatic nitrogens is 3. The molecule has 0 saturated heterocycles. The maximum absolute atomic E-state index is 6.21. The monoisotopic (exact) mass is 213 g/mol. The fourth-order valence-corrected chi connectivity index (χ4v) is 2.59. The van der Waals surface area contributed by atoms with Crippen LogP contribution in [-0.4, -0.2) is 20.1 Å². The standard InChI is InChI=1S/C10H16ClN3/c1-3-14-10(12-6-13-14)8-4-5-9(11)7(8)2/h6-9H,3-5H2,1-2H3. The topological polar surface area (TPSA) is 30.7 Å². The molecule has 1 aromatic heterocycles. The number of hydrogen-bond donors (Lipinski definition) is 0. The van der Waals surface area contributed by atoms with Gasteiger partial charge in [0, 0.05) is 17.8 Å². The molecule has 3 nitrogen and oxygen atoms in total. The second-order valence-electron chi connectivity index (χ2n) is 3.99. The van der Waals surface area contributed by atoms with Crippen LogP contribution in [0.25, 0.3) is 0 Å². The first-order valence-corrected chi connectivity index (χ1v) is 5.69. The van der Waals surface area contributed by atoms with Crippen LogP contribution in [0.4, 0.5) is 0 Å². The van der Waals surface area contributed by atoms with Crippen LogP contribution in [0.3, 0.4) is 0 Å². The number of aryl methyl sites for hydroxylation is 1. The molecule has 1 aliphatic carbocycles. The molecule has 3 atom stereocenters. The second-order valence-corrected chi connectivity index (χ2v) is 4.55. The first kappa shape index (κ1) is 9.97. The van der Waals surface area contributed by atoms with Crippen molar-refractivity contribution in [2.24, 2.45) is 5.92 Å². The highest BCUT2D eigenvalue weighted by atomic mass is 35.5. The minimum atomic E-state index is 0.307. The maximum Gasteiger partial charge on any atom is 0.138 e. The molecule has 1 heterocycles. The van der Waals surface area contributed by atoms with Gasteiger partial charge in [-0.3, -0.25) is 4.68 Å². The Labute approximate surface area is 89.5 Å². The average Bonchev–Trinajstić information content (AvgIpc) is 2.75. The van der Waals surface area contributed by atoms with Crippen molar-refractivity contribution in [3.63, 3.8) is 0 Å². The Balaban J connectivity index is 2.23. The van der Waals surface area contributed by atoms with Crippen molar-refractivity contribution in [2.75, 3.05) is 0 Å². The highest BCUT2D eigenvalue weighted by molar-refractivity contribution is 6.21. The molecule has 1 aliphatic rings. The van der Waals surface area contributed by atoms with Gasteiger partial charge in [-0.15, -0.1) is 11.6 Å². The zero-order valence-electron chi connectivity index (χ0n) is 8.65. The van der Waals surface area contributed by atoms with Gasteiger partial charge < -0.3 is 0 Å².